The number of benzene rings is 2. The Bertz CT molecular complexity index is 1160. The highest BCUT2D eigenvalue weighted by Crippen LogP contribution is 2.44. The van der Waals surface area contributed by atoms with E-state index in [1.165, 1.54) is 6.92 Å². The lowest BCUT2D eigenvalue weighted by molar-refractivity contribution is -0.129. The third-order valence-electron chi connectivity index (χ3n) is 6.63. The summed E-state index contributed by atoms with van der Waals surface area (Å²) in [6.45, 7) is 2.62. The predicted molar refractivity (Wildman–Crippen MR) is 106 cm³/mol. The molecule has 0 bridgehead atoms. The number of fused-ring (bicyclic) bond motifs is 2. The lowest BCUT2D eigenvalue weighted by Crippen LogP contribution is -2.47. The van der Waals surface area contributed by atoms with Crippen molar-refractivity contribution in [2.75, 3.05) is 13.1 Å². The number of likely N-dealkylation sites (tertiary alicyclic amines) is 1. The number of amides is 1. The molecule has 174 valence electrons. The molecule has 1 spiro atoms. The van der Waals surface area contributed by atoms with Crippen LogP contribution in [0.4, 0.5) is 22.0 Å². The van der Waals surface area contributed by atoms with Crippen LogP contribution in [-0.2, 0) is 32.9 Å². The third-order valence-corrected chi connectivity index (χ3v) is 6.63. The number of carbonyl (C=O) groups is 1. The van der Waals surface area contributed by atoms with Crippen molar-refractivity contribution in [2.45, 2.75) is 44.0 Å². The van der Waals surface area contributed by atoms with Gasteiger partial charge in [-0.3, -0.25) is 4.79 Å². The molecule has 1 amide bonds. The normalized spacial score (nSPS) is 23.6. The molecule has 5 nitrogen and oxygen atoms in total. The molecule has 10 heteroatoms. The predicted octanol–water partition coefficient (Wildman–Crippen LogP) is 4.12. The Hall–Kier alpha value is -3.01. The van der Waals surface area contributed by atoms with E-state index < -0.39 is 58.2 Å². The van der Waals surface area contributed by atoms with Crippen molar-refractivity contribution < 1.29 is 36.2 Å². The zero-order valence-electron chi connectivity index (χ0n) is 17.6. The number of amidine groups is 1. The number of halogens is 5. The molecular weight excluding hydrogens is 447 g/mol. The van der Waals surface area contributed by atoms with E-state index in [-0.39, 0.29) is 6.02 Å². The van der Waals surface area contributed by atoms with Gasteiger partial charge in [0.25, 0.3) is 11.9 Å². The highest BCUT2D eigenvalue weighted by molar-refractivity contribution is 6.01. The maximum atomic E-state index is 14.1. The highest BCUT2D eigenvalue weighted by Gasteiger charge is 2.48. The van der Waals surface area contributed by atoms with Gasteiger partial charge in [0.1, 0.15) is 0 Å². The molecule has 0 aliphatic carbocycles. The van der Waals surface area contributed by atoms with E-state index in [1.807, 2.05) is 24.3 Å². The first-order chi connectivity index (χ1) is 15.7. The second-order valence-corrected chi connectivity index (χ2v) is 8.68. The van der Waals surface area contributed by atoms with Crippen LogP contribution in [0.25, 0.3) is 0 Å². The fourth-order valence-corrected chi connectivity index (χ4v) is 4.72. The van der Waals surface area contributed by atoms with Crippen molar-refractivity contribution >= 4 is 11.9 Å². The Balaban J connectivity index is 1.32. The second kappa shape index (κ2) is 7.51. The molecule has 1 unspecified atom stereocenters. The summed E-state index contributed by atoms with van der Waals surface area (Å²) in [4.78, 5) is 18.2. The highest BCUT2D eigenvalue weighted by atomic mass is 19.2. The minimum absolute atomic E-state index is 0.0347. The topological polar surface area (TPSA) is 51.1 Å². The van der Waals surface area contributed by atoms with Gasteiger partial charge >= 0.3 is 0 Å². The lowest BCUT2D eigenvalue weighted by atomic mass is 9.84. The largest absolute Gasteiger partial charge is 0.448 e. The van der Waals surface area contributed by atoms with E-state index in [1.54, 1.807) is 4.90 Å². The van der Waals surface area contributed by atoms with Crippen LogP contribution in [0.2, 0.25) is 0 Å². The summed E-state index contributed by atoms with van der Waals surface area (Å²) < 4.78 is 80.6. The Morgan fingerprint density at radius 2 is 1.58 bits per heavy atom. The molecular formula is C23H19F5N2O3. The number of hydrogen-bond acceptors (Lipinski definition) is 4. The standard InChI is InChI=1S/C23H19F5N2O3/c1-22(10-13-15(24)17(26)19(28)18(27)16(13)25)20(31)29-21(33-22)30-8-6-23(7-9-30)14-5-3-2-4-12(14)11-32-23/h2-5H,6-11H2,1H3. The third kappa shape index (κ3) is 3.30. The zero-order valence-corrected chi connectivity index (χ0v) is 17.6. The molecule has 3 aliphatic heterocycles. The fourth-order valence-electron chi connectivity index (χ4n) is 4.72. The molecule has 2 aromatic carbocycles. The Morgan fingerprint density at radius 1 is 0.970 bits per heavy atom. The SMILES string of the molecule is CC1(Cc2c(F)c(F)c(F)c(F)c2F)OC(N2CCC3(CC2)OCc2ccccc23)=NC1=O. The van der Waals surface area contributed by atoms with Gasteiger partial charge in [0.15, 0.2) is 28.9 Å². The van der Waals surface area contributed by atoms with Crippen molar-refractivity contribution in [1.82, 2.24) is 4.90 Å². The van der Waals surface area contributed by atoms with Crippen molar-refractivity contribution in [3.05, 3.63) is 70.0 Å². The van der Waals surface area contributed by atoms with Crippen LogP contribution in [0.3, 0.4) is 0 Å². The molecule has 1 atom stereocenters. The summed E-state index contributed by atoms with van der Waals surface area (Å²) in [6, 6.07) is 7.92. The van der Waals surface area contributed by atoms with Gasteiger partial charge in [0, 0.05) is 25.1 Å². The number of carbonyl (C=O) groups excluding carboxylic acids is 1. The van der Waals surface area contributed by atoms with Gasteiger partial charge in [-0.25, -0.2) is 22.0 Å². The number of nitrogens with zero attached hydrogens (tertiary/aromatic N) is 2. The van der Waals surface area contributed by atoms with E-state index in [0.717, 1.165) is 11.1 Å². The quantitative estimate of drug-likeness (QED) is 0.380. The molecule has 5 rings (SSSR count). The van der Waals surface area contributed by atoms with E-state index in [0.29, 0.717) is 32.5 Å². The maximum absolute atomic E-state index is 14.1. The van der Waals surface area contributed by atoms with Crippen LogP contribution in [0, 0.1) is 29.1 Å². The first kappa shape index (κ1) is 21.8. The first-order valence-corrected chi connectivity index (χ1v) is 10.4. The lowest BCUT2D eigenvalue weighted by Gasteiger charge is -2.39. The smallest absolute Gasteiger partial charge is 0.296 e. The van der Waals surface area contributed by atoms with Crippen LogP contribution in [0.5, 0.6) is 0 Å². The van der Waals surface area contributed by atoms with E-state index in [9.17, 15) is 26.7 Å². The summed E-state index contributed by atoms with van der Waals surface area (Å²) in [5.41, 5.74) is -1.20. The number of rotatable bonds is 2. The summed E-state index contributed by atoms with van der Waals surface area (Å²) in [7, 11) is 0. The van der Waals surface area contributed by atoms with E-state index in [4.69, 9.17) is 9.47 Å². The van der Waals surface area contributed by atoms with Crippen LogP contribution in [0.1, 0.15) is 36.5 Å². The van der Waals surface area contributed by atoms with Crippen molar-refractivity contribution in [3.63, 3.8) is 0 Å². The number of aliphatic imine (C=N–C) groups is 1. The van der Waals surface area contributed by atoms with Gasteiger partial charge in [-0.15, -0.1) is 0 Å². The molecule has 2 aromatic rings. The molecule has 0 saturated carbocycles. The van der Waals surface area contributed by atoms with E-state index >= 15 is 0 Å². The van der Waals surface area contributed by atoms with Crippen molar-refractivity contribution in [1.29, 1.82) is 0 Å². The molecule has 0 aromatic heterocycles. The molecule has 1 saturated heterocycles. The molecule has 3 aliphatic rings. The maximum Gasteiger partial charge on any atom is 0.296 e. The zero-order chi connectivity index (χ0) is 23.5. The van der Waals surface area contributed by atoms with Gasteiger partial charge in [-0.2, -0.15) is 4.99 Å². The fraction of sp³-hybridized carbons (Fsp3) is 0.391. The first-order valence-electron chi connectivity index (χ1n) is 10.4. The monoisotopic (exact) mass is 466 g/mol. The minimum Gasteiger partial charge on any atom is -0.448 e. The molecule has 0 radical (unpaired) electrons. The Morgan fingerprint density at radius 3 is 2.24 bits per heavy atom. The Kier molecular flexibility index (Phi) is 4.97. The number of hydrogen-bond donors (Lipinski definition) is 0. The van der Waals surface area contributed by atoms with Crippen molar-refractivity contribution in [2.24, 2.45) is 4.99 Å². The summed E-state index contributed by atoms with van der Waals surface area (Å²) in [5, 5.41) is 0. The van der Waals surface area contributed by atoms with Crippen molar-refractivity contribution in [3.8, 4) is 0 Å². The molecule has 0 N–H and O–H groups in total. The average molecular weight is 466 g/mol. The average Bonchev–Trinajstić information content (AvgIpc) is 3.32. The minimum atomic E-state index is -2.26. The number of piperidine rings is 1. The van der Waals surface area contributed by atoms with Gasteiger partial charge < -0.3 is 14.4 Å². The second-order valence-electron chi connectivity index (χ2n) is 8.68. The number of ether oxygens (including phenoxy) is 2. The molecule has 33 heavy (non-hydrogen) atoms. The molecule has 3 heterocycles. The Labute approximate surface area is 185 Å². The van der Waals surface area contributed by atoms with Gasteiger partial charge in [0.2, 0.25) is 5.82 Å². The van der Waals surface area contributed by atoms with Crippen LogP contribution in [0.15, 0.2) is 29.3 Å². The summed E-state index contributed by atoms with van der Waals surface area (Å²) in [5.74, 6) is -11.2. The van der Waals surface area contributed by atoms with Crippen LogP contribution < -0.4 is 0 Å². The van der Waals surface area contributed by atoms with Crippen LogP contribution >= 0.6 is 0 Å². The van der Waals surface area contributed by atoms with E-state index in [2.05, 4.69) is 4.99 Å². The summed E-state index contributed by atoms with van der Waals surface area (Å²) in [6.07, 6.45) is 0.350. The van der Waals surface area contributed by atoms with Crippen LogP contribution in [-0.4, -0.2) is 35.5 Å². The van der Waals surface area contributed by atoms with Gasteiger partial charge in [-0.05, 0) is 30.9 Å². The van der Waals surface area contributed by atoms with Gasteiger partial charge in [0.05, 0.1) is 12.2 Å². The van der Waals surface area contributed by atoms with Gasteiger partial charge in [-0.1, -0.05) is 24.3 Å². The molecule has 1 fully saturated rings. The summed E-state index contributed by atoms with van der Waals surface area (Å²) >= 11 is 0.